The smallest absolute Gasteiger partial charge is 0.332 e. The number of carbonyl (C=O) groups is 4. The lowest BCUT2D eigenvalue weighted by Crippen LogP contribution is -2.59. The first-order valence-corrected chi connectivity index (χ1v) is 9.12. The summed E-state index contributed by atoms with van der Waals surface area (Å²) in [7, 11) is 4.30. The number of urea groups is 1. The molecule has 0 aromatic heterocycles. The van der Waals surface area contributed by atoms with Gasteiger partial charge in [-0.05, 0) is 30.5 Å². The number of barbiturate groups is 1. The molecule has 144 valence electrons. The van der Waals surface area contributed by atoms with Crippen molar-refractivity contribution in [1.82, 2.24) is 9.80 Å². The molecule has 0 bridgehead atoms. The molecule has 7 nitrogen and oxygen atoms in total. The lowest BCUT2D eigenvalue weighted by atomic mass is 9.69. The van der Waals surface area contributed by atoms with Crippen LogP contribution in [0.5, 0.6) is 5.75 Å². The Morgan fingerprint density at radius 2 is 1.56 bits per heavy atom. The maximum absolute atomic E-state index is 12.9. The second-order valence-corrected chi connectivity index (χ2v) is 7.17. The molecule has 2 fully saturated rings. The minimum atomic E-state index is -1.09. The van der Waals surface area contributed by atoms with E-state index in [2.05, 4.69) is 0 Å². The van der Waals surface area contributed by atoms with Crippen LogP contribution in [0.1, 0.15) is 37.2 Å². The third-order valence-electron chi connectivity index (χ3n) is 5.66. The predicted molar refractivity (Wildman–Crippen MR) is 97.1 cm³/mol. The average Bonchev–Trinajstić information content (AvgIpc) is 2.69. The van der Waals surface area contributed by atoms with Crippen molar-refractivity contribution in [2.45, 2.75) is 31.6 Å². The Bertz CT molecular complexity index is 749. The molecule has 1 saturated heterocycles. The molecular formula is C20H24N2O5. The third-order valence-corrected chi connectivity index (χ3v) is 5.66. The topological polar surface area (TPSA) is 84.0 Å². The van der Waals surface area contributed by atoms with Crippen LogP contribution in [0.25, 0.3) is 0 Å². The summed E-state index contributed by atoms with van der Waals surface area (Å²) in [5, 5.41) is 0. The van der Waals surface area contributed by atoms with Gasteiger partial charge in [-0.1, -0.05) is 18.6 Å². The minimum absolute atomic E-state index is 0.0740. The first kappa shape index (κ1) is 19.1. The quantitative estimate of drug-likeness (QED) is 0.757. The Kier molecular flexibility index (Phi) is 5.30. The van der Waals surface area contributed by atoms with Gasteiger partial charge in [0.2, 0.25) is 11.8 Å². The lowest BCUT2D eigenvalue weighted by Gasteiger charge is -2.40. The number of methoxy groups -OCH3 is 1. The van der Waals surface area contributed by atoms with Crippen LogP contribution in [-0.4, -0.2) is 54.6 Å². The molecule has 1 aromatic carbocycles. The standard InChI is InChI=1S/C20H24N2O5/c1-21-18(24)17(19(25)22(2)20(21)26)16(14-6-4-5-7-15(14)23)12-8-10-13(27-3)11-9-12/h8-11,14,16-17H,4-7H2,1-3H3. The molecular weight excluding hydrogens is 348 g/mol. The highest BCUT2D eigenvalue weighted by Crippen LogP contribution is 2.42. The largest absolute Gasteiger partial charge is 0.497 e. The van der Waals surface area contributed by atoms with E-state index in [4.69, 9.17) is 4.74 Å². The lowest BCUT2D eigenvalue weighted by molar-refractivity contribution is -0.150. The first-order chi connectivity index (χ1) is 12.9. The van der Waals surface area contributed by atoms with Gasteiger partial charge in [0.1, 0.15) is 17.5 Å². The molecule has 2 aliphatic rings. The molecule has 0 spiro atoms. The van der Waals surface area contributed by atoms with Gasteiger partial charge in [-0.2, -0.15) is 0 Å². The van der Waals surface area contributed by atoms with Crippen LogP contribution in [0.3, 0.4) is 0 Å². The van der Waals surface area contributed by atoms with Crippen molar-refractivity contribution in [2.75, 3.05) is 21.2 Å². The fourth-order valence-corrected chi connectivity index (χ4v) is 4.12. The molecule has 3 rings (SSSR count). The molecule has 2 unspecified atom stereocenters. The van der Waals surface area contributed by atoms with Gasteiger partial charge in [-0.3, -0.25) is 24.2 Å². The van der Waals surface area contributed by atoms with Crippen LogP contribution >= 0.6 is 0 Å². The first-order valence-electron chi connectivity index (χ1n) is 9.12. The Labute approximate surface area is 158 Å². The van der Waals surface area contributed by atoms with Crippen molar-refractivity contribution < 1.29 is 23.9 Å². The number of rotatable bonds is 4. The van der Waals surface area contributed by atoms with Gasteiger partial charge in [0.25, 0.3) is 0 Å². The predicted octanol–water partition coefficient (Wildman–Crippen LogP) is 2.20. The number of imide groups is 2. The summed E-state index contributed by atoms with van der Waals surface area (Å²) in [5.74, 6) is -2.48. The monoisotopic (exact) mass is 372 g/mol. The number of hydrogen-bond acceptors (Lipinski definition) is 5. The van der Waals surface area contributed by atoms with Gasteiger partial charge in [0.05, 0.1) is 7.11 Å². The Morgan fingerprint density at radius 1 is 0.963 bits per heavy atom. The Morgan fingerprint density at radius 3 is 2.07 bits per heavy atom. The van der Waals surface area contributed by atoms with E-state index < -0.39 is 35.6 Å². The number of nitrogens with zero attached hydrogens (tertiary/aromatic N) is 2. The summed E-state index contributed by atoms with van der Waals surface area (Å²) in [6, 6.07) is 6.45. The van der Waals surface area contributed by atoms with Crippen molar-refractivity contribution in [3.63, 3.8) is 0 Å². The van der Waals surface area contributed by atoms with E-state index in [0.29, 0.717) is 18.6 Å². The molecule has 1 saturated carbocycles. The van der Waals surface area contributed by atoms with E-state index in [0.717, 1.165) is 28.2 Å². The van der Waals surface area contributed by atoms with E-state index >= 15 is 0 Å². The molecule has 1 aliphatic carbocycles. The molecule has 2 atom stereocenters. The summed E-state index contributed by atoms with van der Waals surface area (Å²) < 4.78 is 5.19. The zero-order valence-electron chi connectivity index (χ0n) is 15.8. The van der Waals surface area contributed by atoms with E-state index in [1.54, 1.807) is 31.4 Å². The number of carbonyl (C=O) groups excluding carboxylic acids is 4. The number of benzene rings is 1. The molecule has 1 aromatic rings. The third kappa shape index (κ3) is 3.34. The van der Waals surface area contributed by atoms with Crippen molar-refractivity contribution in [2.24, 2.45) is 11.8 Å². The number of Topliss-reactive ketones (excluding diaryl/α,β-unsaturated/α-hetero) is 1. The highest BCUT2D eigenvalue weighted by Gasteiger charge is 2.50. The zero-order valence-corrected chi connectivity index (χ0v) is 15.8. The fraction of sp³-hybridized carbons (Fsp3) is 0.500. The summed E-state index contributed by atoms with van der Waals surface area (Å²) in [4.78, 5) is 52.5. The molecule has 1 heterocycles. The van der Waals surface area contributed by atoms with Gasteiger partial charge >= 0.3 is 6.03 Å². The van der Waals surface area contributed by atoms with Gasteiger partial charge in [0.15, 0.2) is 0 Å². The maximum Gasteiger partial charge on any atom is 0.332 e. The molecule has 0 N–H and O–H groups in total. The summed E-state index contributed by atoms with van der Waals surface area (Å²) in [5.41, 5.74) is 0.735. The van der Waals surface area contributed by atoms with Crippen LogP contribution in [-0.2, 0) is 14.4 Å². The molecule has 1 aliphatic heterocycles. The van der Waals surface area contributed by atoms with Gasteiger partial charge in [-0.15, -0.1) is 0 Å². The molecule has 0 radical (unpaired) electrons. The second kappa shape index (κ2) is 7.50. The fourth-order valence-electron chi connectivity index (χ4n) is 4.12. The van der Waals surface area contributed by atoms with Gasteiger partial charge < -0.3 is 4.74 Å². The summed E-state index contributed by atoms with van der Waals surface area (Å²) in [6.45, 7) is 0. The number of amides is 4. The molecule has 4 amide bonds. The zero-order chi connectivity index (χ0) is 19.7. The van der Waals surface area contributed by atoms with Crippen LogP contribution < -0.4 is 4.74 Å². The highest BCUT2D eigenvalue weighted by atomic mass is 16.5. The van der Waals surface area contributed by atoms with Crippen LogP contribution in [0.4, 0.5) is 4.79 Å². The van der Waals surface area contributed by atoms with Crippen molar-refractivity contribution in [1.29, 1.82) is 0 Å². The Hall–Kier alpha value is -2.70. The van der Waals surface area contributed by atoms with E-state index in [9.17, 15) is 19.2 Å². The van der Waals surface area contributed by atoms with Crippen molar-refractivity contribution in [3.05, 3.63) is 29.8 Å². The highest BCUT2D eigenvalue weighted by molar-refractivity contribution is 6.16. The number of hydrogen-bond donors (Lipinski definition) is 0. The number of ether oxygens (including phenoxy) is 1. The summed E-state index contributed by atoms with van der Waals surface area (Å²) in [6.07, 6.45) is 2.79. The van der Waals surface area contributed by atoms with E-state index in [1.165, 1.54) is 14.1 Å². The van der Waals surface area contributed by atoms with Crippen LogP contribution in [0.15, 0.2) is 24.3 Å². The SMILES string of the molecule is COc1ccc(C(C2CCCCC2=O)C2C(=O)N(C)C(=O)N(C)C2=O)cc1. The van der Waals surface area contributed by atoms with Crippen molar-refractivity contribution >= 4 is 23.6 Å². The molecule has 7 heteroatoms. The normalized spacial score (nSPS) is 23.0. The number of ketones is 1. The Balaban J connectivity index is 2.07. The van der Waals surface area contributed by atoms with E-state index in [-0.39, 0.29) is 5.78 Å². The molecule has 27 heavy (non-hydrogen) atoms. The average molecular weight is 372 g/mol. The van der Waals surface area contributed by atoms with Gasteiger partial charge in [0, 0.05) is 32.4 Å². The summed E-state index contributed by atoms with van der Waals surface area (Å²) >= 11 is 0. The van der Waals surface area contributed by atoms with E-state index in [1.807, 2.05) is 0 Å². The van der Waals surface area contributed by atoms with Gasteiger partial charge in [-0.25, -0.2) is 4.79 Å². The van der Waals surface area contributed by atoms with Crippen molar-refractivity contribution in [3.8, 4) is 5.75 Å². The van der Waals surface area contributed by atoms with Crippen LogP contribution in [0, 0.1) is 11.8 Å². The maximum atomic E-state index is 12.9. The minimum Gasteiger partial charge on any atom is -0.497 e. The van der Waals surface area contributed by atoms with Crippen LogP contribution in [0.2, 0.25) is 0 Å². The second-order valence-electron chi connectivity index (χ2n) is 7.17.